The van der Waals surface area contributed by atoms with Gasteiger partial charge in [0, 0.05) is 12.3 Å². The predicted octanol–water partition coefficient (Wildman–Crippen LogP) is 3.54. The van der Waals surface area contributed by atoms with E-state index in [2.05, 4.69) is 18.2 Å². The van der Waals surface area contributed by atoms with Crippen molar-refractivity contribution in [3.05, 3.63) is 48.0 Å². The summed E-state index contributed by atoms with van der Waals surface area (Å²) in [5.41, 5.74) is 1.10. The Morgan fingerprint density at radius 2 is 2.00 bits per heavy atom. The zero-order valence-electron chi connectivity index (χ0n) is 12.7. The number of ether oxygens (including phenoxy) is 1. The van der Waals surface area contributed by atoms with Crippen molar-refractivity contribution < 1.29 is 14.3 Å². The number of carbonyl (C=O) groups is 2. The second-order valence-corrected chi connectivity index (χ2v) is 5.94. The molecule has 0 unspecified atom stereocenters. The predicted molar refractivity (Wildman–Crippen MR) is 85.5 cm³/mol. The van der Waals surface area contributed by atoms with Crippen molar-refractivity contribution in [1.29, 1.82) is 0 Å². The minimum atomic E-state index is -0.370. The first-order valence-corrected chi connectivity index (χ1v) is 7.78. The van der Waals surface area contributed by atoms with E-state index in [0.717, 1.165) is 29.2 Å². The molecule has 1 aliphatic rings. The van der Waals surface area contributed by atoms with E-state index < -0.39 is 0 Å². The van der Waals surface area contributed by atoms with E-state index in [9.17, 15) is 9.59 Å². The Balaban J connectivity index is 1.95. The van der Waals surface area contributed by atoms with Crippen LogP contribution in [0, 0.1) is 11.8 Å². The van der Waals surface area contributed by atoms with E-state index in [1.54, 1.807) is 0 Å². The molecule has 3 nitrogen and oxygen atoms in total. The van der Waals surface area contributed by atoms with Crippen LogP contribution in [-0.2, 0) is 20.7 Å². The molecule has 0 amide bonds. The highest BCUT2D eigenvalue weighted by molar-refractivity contribution is 5.90. The Hall–Kier alpha value is -2.16. The van der Waals surface area contributed by atoms with Gasteiger partial charge in [0.1, 0.15) is 5.78 Å². The third-order valence-electron chi connectivity index (χ3n) is 4.66. The third kappa shape index (κ3) is 2.76. The molecule has 0 spiro atoms. The molecule has 1 aliphatic carbocycles. The maximum Gasteiger partial charge on any atom is 0.309 e. The SMILES string of the molecule is COC(=O)[C@@H](Cc1cccc2ccccc12)[C@@H]1CCCC1=O. The quantitative estimate of drug-likeness (QED) is 0.811. The fraction of sp³-hybridized carbons (Fsp3) is 0.368. The highest BCUT2D eigenvalue weighted by Gasteiger charge is 2.37. The lowest BCUT2D eigenvalue weighted by atomic mass is 9.84. The normalized spacial score (nSPS) is 19.3. The van der Waals surface area contributed by atoms with Crippen LogP contribution in [0.4, 0.5) is 0 Å². The second kappa shape index (κ2) is 6.30. The molecule has 22 heavy (non-hydrogen) atoms. The molecule has 114 valence electrons. The van der Waals surface area contributed by atoms with E-state index in [-0.39, 0.29) is 23.6 Å². The number of hydrogen-bond donors (Lipinski definition) is 0. The number of benzene rings is 2. The van der Waals surface area contributed by atoms with Gasteiger partial charge in [-0.25, -0.2) is 0 Å². The number of carbonyl (C=O) groups excluding carboxylic acids is 2. The number of Topliss-reactive ketones (excluding diaryl/α,β-unsaturated/α-hetero) is 1. The van der Waals surface area contributed by atoms with Crippen LogP contribution in [0.3, 0.4) is 0 Å². The number of methoxy groups -OCH3 is 1. The molecule has 0 aliphatic heterocycles. The molecule has 3 heteroatoms. The van der Waals surface area contributed by atoms with Gasteiger partial charge in [0.15, 0.2) is 0 Å². The fourth-order valence-electron chi connectivity index (χ4n) is 3.52. The minimum Gasteiger partial charge on any atom is -0.469 e. The molecule has 0 N–H and O–H groups in total. The molecule has 2 aromatic carbocycles. The number of ketones is 1. The summed E-state index contributed by atoms with van der Waals surface area (Å²) in [5, 5.41) is 2.30. The average Bonchev–Trinajstić information content (AvgIpc) is 2.98. The van der Waals surface area contributed by atoms with Crippen molar-refractivity contribution >= 4 is 22.5 Å². The highest BCUT2D eigenvalue weighted by Crippen LogP contribution is 2.33. The van der Waals surface area contributed by atoms with Gasteiger partial charge in [-0.05, 0) is 35.6 Å². The smallest absolute Gasteiger partial charge is 0.309 e. The molecule has 0 heterocycles. The van der Waals surface area contributed by atoms with Gasteiger partial charge in [0.25, 0.3) is 0 Å². The molecule has 0 saturated heterocycles. The topological polar surface area (TPSA) is 43.4 Å². The highest BCUT2D eigenvalue weighted by atomic mass is 16.5. The molecular formula is C19H20O3. The van der Waals surface area contributed by atoms with Gasteiger partial charge in [0.2, 0.25) is 0 Å². The van der Waals surface area contributed by atoms with Gasteiger partial charge in [-0.2, -0.15) is 0 Å². The van der Waals surface area contributed by atoms with Gasteiger partial charge >= 0.3 is 5.97 Å². The summed E-state index contributed by atoms with van der Waals surface area (Å²) in [6, 6.07) is 14.2. The molecule has 0 aromatic heterocycles. The lowest BCUT2D eigenvalue weighted by Gasteiger charge is -2.20. The van der Waals surface area contributed by atoms with E-state index in [1.807, 2.05) is 24.3 Å². The Bertz CT molecular complexity index is 699. The summed E-state index contributed by atoms with van der Waals surface area (Å²) in [6.07, 6.45) is 2.83. The fourth-order valence-corrected chi connectivity index (χ4v) is 3.52. The van der Waals surface area contributed by atoms with E-state index in [4.69, 9.17) is 4.74 Å². The van der Waals surface area contributed by atoms with Crippen LogP contribution in [0.5, 0.6) is 0 Å². The first-order valence-electron chi connectivity index (χ1n) is 7.78. The zero-order valence-corrected chi connectivity index (χ0v) is 12.7. The monoisotopic (exact) mass is 296 g/mol. The Morgan fingerprint density at radius 1 is 1.23 bits per heavy atom. The molecular weight excluding hydrogens is 276 g/mol. The lowest BCUT2D eigenvalue weighted by Crippen LogP contribution is -2.29. The molecule has 2 atom stereocenters. The van der Waals surface area contributed by atoms with Crippen LogP contribution < -0.4 is 0 Å². The summed E-state index contributed by atoms with van der Waals surface area (Å²) in [4.78, 5) is 24.3. The Morgan fingerprint density at radius 3 is 2.73 bits per heavy atom. The maximum atomic E-state index is 12.2. The van der Waals surface area contributed by atoms with Crippen LogP contribution >= 0.6 is 0 Å². The standard InChI is InChI=1S/C19H20O3/c1-22-19(21)17(16-10-5-11-18(16)20)12-14-8-4-7-13-6-2-3-9-15(13)14/h2-4,6-9,16-17H,5,10-12H2,1H3/t16-,17-/m0/s1. The molecule has 1 saturated carbocycles. The summed E-state index contributed by atoms with van der Waals surface area (Å²) in [7, 11) is 1.40. The average molecular weight is 296 g/mol. The Kier molecular flexibility index (Phi) is 4.23. The first kappa shape index (κ1) is 14.8. The van der Waals surface area contributed by atoms with Crippen LogP contribution in [0.25, 0.3) is 10.8 Å². The van der Waals surface area contributed by atoms with Gasteiger partial charge < -0.3 is 4.74 Å². The maximum absolute atomic E-state index is 12.2. The molecule has 2 aromatic rings. The number of hydrogen-bond acceptors (Lipinski definition) is 3. The summed E-state index contributed by atoms with van der Waals surface area (Å²) < 4.78 is 4.97. The van der Waals surface area contributed by atoms with Crippen molar-refractivity contribution in [3.63, 3.8) is 0 Å². The van der Waals surface area contributed by atoms with Crippen molar-refractivity contribution in [2.45, 2.75) is 25.7 Å². The summed E-state index contributed by atoms with van der Waals surface area (Å²) in [6.45, 7) is 0. The molecule has 1 fully saturated rings. The number of rotatable bonds is 4. The second-order valence-electron chi connectivity index (χ2n) is 5.94. The van der Waals surface area contributed by atoms with Gasteiger partial charge in [-0.15, -0.1) is 0 Å². The van der Waals surface area contributed by atoms with E-state index in [0.29, 0.717) is 12.8 Å². The van der Waals surface area contributed by atoms with Crippen molar-refractivity contribution in [2.24, 2.45) is 11.8 Å². The largest absolute Gasteiger partial charge is 0.469 e. The van der Waals surface area contributed by atoms with Gasteiger partial charge in [-0.1, -0.05) is 42.5 Å². The third-order valence-corrected chi connectivity index (χ3v) is 4.66. The van der Waals surface area contributed by atoms with Crippen LogP contribution in [0.15, 0.2) is 42.5 Å². The van der Waals surface area contributed by atoms with Crippen molar-refractivity contribution in [3.8, 4) is 0 Å². The molecule has 0 radical (unpaired) electrons. The van der Waals surface area contributed by atoms with Crippen LogP contribution in [0.2, 0.25) is 0 Å². The van der Waals surface area contributed by atoms with Gasteiger partial charge in [-0.3, -0.25) is 9.59 Å². The first-order chi connectivity index (χ1) is 10.7. The number of esters is 1. The minimum absolute atomic E-state index is 0.189. The van der Waals surface area contributed by atoms with Gasteiger partial charge in [0.05, 0.1) is 13.0 Å². The van der Waals surface area contributed by atoms with E-state index >= 15 is 0 Å². The van der Waals surface area contributed by atoms with E-state index in [1.165, 1.54) is 7.11 Å². The lowest BCUT2D eigenvalue weighted by molar-refractivity contribution is -0.149. The zero-order chi connectivity index (χ0) is 15.5. The van der Waals surface area contributed by atoms with Crippen molar-refractivity contribution in [1.82, 2.24) is 0 Å². The Labute approximate surface area is 130 Å². The summed E-state index contributed by atoms with van der Waals surface area (Å²) in [5.74, 6) is -0.624. The van der Waals surface area contributed by atoms with Crippen molar-refractivity contribution in [2.75, 3.05) is 7.11 Å². The van der Waals surface area contributed by atoms with Crippen LogP contribution in [0.1, 0.15) is 24.8 Å². The van der Waals surface area contributed by atoms with Crippen LogP contribution in [-0.4, -0.2) is 18.9 Å². The molecule has 0 bridgehead atoms. The summed E-state index contributed by atoms with van der Waals surface area (Å²) >= 11 is 0. The molecule has 3 rings (SSSR count). The number of fused-ring (bicyclic) bond motifs is 1.